The molecule has 0 radical (unpaired) electrons. The molecule has 2 aliphatic heterocycles. The van der Waals surface area contributed by atoms with Crippen LogP contribution < -0.4 is 18.9 Å². The summed E-state index contributed by atoms with van der Waals surface area (Å²) < 4.78 is 22.4. The highest BCUT2D eigenvalue weighted by atomic mass is 16.7. The smallest absolute Gasteiger partial charge is 0.231 e. The molecular formula is C21H24N2O5. The van der Waals surface area contributed by atoms with Gasteiger partial charge in [0.25, 0.3) is 0 Å². The van der Waals surface area contributed by atoms with Crippen molar-refractivity contribution in [2.24, 2.45) is 5.16 Å². The fourth-order valence-electron chi connectivity index (χ4n) is 4.05. The van der Waals surface area contributed by atoms with Gasteiger partial charge < -0.3 is 24.2 Å². The van der Waals surface area contributed by atoms with Gasteiger partial charge in [-0.05, 0) is 37.2 Å². The summed E-state index contributed by atoms with van der Waals surface area (Å²) in [6, 6.07) is 9.55. The Labute approximate surface area is 164 Å². The Kier molecular flexibility index (Phi) is 5.00. The molecule has 0 saturated heterocycles. The van der Waals surface area contributed by atoms with E-state index in [1.165, 1.54) is 5.56 Å². The molecular weight excluding hydrogens is 360 g/mol. The van der Waals surface area contributed by atoms with Crippen molar-refractivity contribution < 1.29 is 24.2 Å². The lowest BCUT2D eigenvalue weighted by molar-refractivity contribution is 0.170. The van der Waals surface area contributed by atoms with Gasteiger partial charge in [0.1, 0.15) is 5.75 Å². The van der Waals surface area contributed by atoms with Gasteiger partial charge in [0.2, 0.25) is 12.5 Å². The first kappa shape index (κ1) is 18.4. The summed E-state index contributed by atoms with van der Waals surface area (Å²) in [7, 11) is 5.32. The van der Waals surface area contributed by atoms with Crippen LogP contribution in [-0.4, -0.2) is 50.4 Å². The highest BCUT2D eigenvalue weighted by Gasteiger charge is 2.35. The van der Waals surface area contributed by atoms with Crippen molar-refractivity contribution >= 4 is 5.71 Å². The van der Waals surface area contributed by atoms with Crippen LogP contribution in [0.1, 0.15) is 29.2 Å². The molecule has 0 fully saturated rings. The number of likely N-dealkylation sites (N-methyl/N-ethyl adjacent to an activating group) is 1. The molecule has 0 spiro atoms. The largest absolute Gasteiger partial charge is 0.496 e. The summed E-state index contributed by atoms with van der Waals surface area (Å²) in [6.45, 7) is 1.07. The number of hydrogen-bond donors (Lipinski definition) is 1. The van der Waals surface area contributed by atoms with Gasteiger partial charge in [-0.1, -0.05) is 17.3 Å². The lowest BCUT2D eigenvalue weighted by Gasteiger charge is -2.36. The van der Waals surface area contributed by atoms with Crippen LogP contribution in [0.2, 0.25) is 0 Å². The van der Waals surface area contributed by atoms with Crippen LogP contribution >= 0.6 is 0 Å². The van der Waals surface area contributed by atoms with Gasteiger partial charge in [-0.3, -0.25) is 4.90 Å². The van der Waals surface area contributed by atoms with E-state index in [1.807, 2.05) is 30.3 Å². The van der Waals surface area contributed by atoms with Crippen LogP contribution in [0, 0.1) is 0 Å². The SMILES string of the molecule is COc1ccccc1/C(CC1c2c(cc3c(c2OC)OCO3)CCN1C)=N\O. The molecule has 0 aliphatic carbocycles. The quantitative estimate of drug-likeness (QED) is 0.485. The van der Waals surface area contributed by atoms with Crippen LogP contribution in [0.4, 0.5) is 0 Å². The molecule has 7 nitrogen and oxygen atoms in total. The number of rotatable bonds is 5. The molecule has 0 aromatic heterocycles. The van der Waals surface area contributed by atoms with E-state index in [0.29, 0.717) is 29.4 Å². The summed E-state index contributed by atoms with van der Waals surface area (Å²) >= 11 is 0. The normalized spacial score (nSPS) is 18.7. The van der Waals surface area contributed by atoms with Crippen LogP contribution in [0.3, 0.4) is 0 Å². The third kappa shape index (κ3) is 3.01. The van der Waals surface area contributed by atoms with Crippen LogP contribution in [-0.2, 0) is 6.42 Å². The minimum atomic E-state index is -0.0380. The molecule has 2 heterocycles. The molecule has 1 unspecified atom stereocenters. The molecule has 2 aromatic rings. The van der Waals surface area contributed by atoms with Crippen molar-refractivity contribution in [1.82, 2.24) is 4.90 Å². The van der Waals surface area contributed by atoms with Crippen LogP contribution in [0.25, 0.3) is 0 Å². The minimum Gasteiger partial charge on any atom is -0.496 e. The van der Waals surface area contributed by atoms with Gasteiger partial charge >= 0.3 is 0 Å². The number of nitrogens with zero attached hydrogens (tertiary/aromatic N) is 2. The van der Waals surface area contributed by atoms with E-state index in [1.54, 1.807) is 14.2 Å². The first-order valence-electron chi connectivity index (χ1n) is 9.21. The number of benzene rings is 2. The van der Waals surface area contributed by atoms with Crippen molar-refractivity contribution in [2.75, 3.05) is 34.6 Å². The molecule has 0 amide bonds. The molecule has 1 N–H and O–H groups in total. The van der Waals surface area contributed by atoms with Crippen molar-refractivity contribution in [2.45, 2.75) is 18.9 Å². The van der Waals surface area contributed by atoms with Crippen molar-refractivity contribution in [3.8, 4) is 23.0 Å². The van der Waals surface area contributed by atoms with Crippen molar-refractivity contribution in [3.63, 3.8) is 0 Å². The lowest BCUT2D eigenvalue weighted by atomic mass is 9.87. The summed E-state index contributed by atoms with van der Waals surface area (Å²) in [5.74, 6) is 2.73. The Morgan fingerprint density at radius 1 is 1.25 bits per heavy atom. The maximum Gasteiger partial charge on any atom is 0.231 e. The summed E-state index contributed by atoms with van der Waals surface area (Å²) in [4.78, 5) is 2.24. The van der Waals surface area contributed by atoms with Gasteiger partial charge in [0, 0.05) is 30.1 Å². The zero-order valence-electron chi connectivity index (χ0n) is 16.3. The summed E-state index contributed by atoms with van der Waals surface area (Å²) in [6.07, 6.45) is 1.38. The van der Waals surface area contributed by atoms with Gasteiger partial charge in [0.05, 0.1) is 19.9 Å². The topological polar surface area (TPSA) is 72.8 Å². The first-order chi connectivity index (χ1) is 13.7. The molecule has 4 rings (SSSR count). The standard InChI is InChI=1S/C21H24N2O5/c1-23-9-8-13-10-18-20(28-12-27-18)21(26-3)19(13)16(23)11-15(22-24)14-6-4-5-7-17(14)25-2/h4-7,10,16,24H,8-9,11-12H2,1-3H3/b22-15-. The van der Waals surface area contributed by atoms with E-state index < -0.39 is 0 Å². The maximum absolute atomic E-state index is 9.78. The highest BCUT2D eigenvalue weighted by molar-refractivity contribution is 6.03. The Bertz CT molecular complexity index is 912. The molecule has 7 heteroatoms. The predicted molar refractivity (Wildman–Crippen MR) is 104 cm³/mol. The number of hydrogen-bond acceptors (Lipinski definition) is 7. The molecule has 2 aliphatic rings. The highest BCUT2D eigenvalue weighted by Crippen LogP contribution is 2.50. The first-order valence-corrected chi connectivity index (χ1v) is 9.21. The van der Waals surface area contributed by atoms with E-state index in [0.717, 1.165) is 29.8 Å². The average molecular weight is 384 g/mol. The van der Waals surface area contributed by atoms with E-state index in [9.17, 15) is 5.21 Å². The van der Waals surface area contributed by atoms with Crippen LogP contribution in [0.5, 0.6) is 23.0 Å². The van der Waals surface area contributed by atoms with Gasteiger partial charge in [0.15, 0.2) is 11.5 Å². The average Bonchev–Trinajstić information content (AvgIpc) is 3.20. The number of para-hydroxylation sites is 1. The zero-order chi connectivity index (χ0) is 19.7. The fourth-order valence-corrected chi connectivity index (χ4v) is 4.05. The summed E-state index contributed by atoms with van der Waals surface area (Å²) in [5, 5.41) is 13.4. The number of ether oxygens (including phenoxy) is 4. The van der Waals surface area contributed by atoms with Crippen LogP contribution in [0.15, 0.2) is 35.5 Å². The van der Waals surface area contributed by atoms with Gasteiger partial charge in [-0.15, -0.1) is 0 Å². The van der Waals surface area contributed by atoms with E-state index in [-0.39, 0.29) is 12.8 Å². The minimum absolute atomic E-state index is 0.0380. The van der Waals surface area contributed by atoms with E-state index in [2.05, 4.69) is 17.1 Å². The van der Waals surface area contributed by atoms with Crippen molar-refractivity contribution in [1.29, 1.82) is 0 Å². The molecule has 1 atom stereocenters. The number of methoxy groups -OCH3 is 2. The predicted octanol–water partition coefficient (Wildman–Crippen LogP) is 3.23. The third-order valence-electron chi connectivity index (χ3n) is 5.47. The molecule has 28 heavy (non-hydrogen) atoms. The molecule has 2 aromatic carbocycles. The Hall–Kier alpha value is -2.93. The monoisotopic (exact) mass is 384 g/mol. The fraction of sp³-hybridized carbons (Fsp3) is 0.381. The van der Waals surface area contributed by atoms with Gasteiger partial charge in [-0.2, -0.15) is 0 Å². The summed E-state index contributed by atoms with van der Waals surface area (Å²) in [5.41, 5.74) is 3.55. The second-order valence-corrected chi connectivity index (χ2v) is 6.91. The Morgan fingerprint density at radius 2 is 2.07 bits per heavy atom. The van der Waals surface area contributed by atoms with Gasteiger partial charge in [-0.25, -0.2) is 0 Å². The molecule has 0 bridgehead atoms. The third-order valence-corrected chi connectivity index (χ3v) is 5.47. The second kappa shape index (κ2) is 7.59. The molecule has 0 saturated carbocycles. The Morgan fingerprint density at radius 3 is 2.82 bits per heavy atom. The van der Waals surface area contributed by atoms with Crippen molar-refractivity contribution in [3.05, 3.63) is 47.0 Å². The molecule has 148 valence electrons. The van der Waals surface area contributed by atoms with E-state index >= 15 is 0 Å². The zero-order valence-corrected chi connectivity index (χ0v) is 16.3. The number of oxime groups is 1. The Balaban J connectivity index is 1.77. The van der Waals surface area contributed by atoms with E-state index in [4.69, 9.17) is 18.9 Å². The maximum atomic E-state index is 9.78. The number of fused-ring (bicyclic) bond motifs is 2. The second-order valence-electron chi connectivity index (χ2n) is 6.91. The lowest BCUT2D eigenvalue weighted by Crippen LogP contribution is -2.34.